The molecule has 3 heterocycles. The molecule has 1 atom stereocenters. The molecule has 2 aliphatic heterocycles. The Kier molecular flexibility index (Phi) is 4.25. The summed E-state index contributed by atoms with van der Waals surface area (Å²) in [5, 5.41) is 0. The number of hydrogen-bond acceptors (Lipinski definition) is 4. The van der Waals surface area contributed by atoms with Gasteiger partial charge in [-0.15, -0.1) is 0 Å². The van der Waals surface area contributed by atoms with Crippen molar-refractivity contribution in [2.24, 2.45) is 11.3 Å². The van der Waals surface area contributed by atoms with E-state index in [1.165, 1.54) is 32.1 Å². The molecular weight excluding hydrogens is 278 g/mol. The molecule has 1 saturated carbocycles. The third-order valence-electron chi connectivity index (χ3n) is 5.52. The first-order valence-electron chi connectivity index (χ1n) is 8.75. The number of furan rings is 1. The molecule has 3 fully saturated rings. The van der Waals surface area contributed by atoms with Crippen molar-refractivity contribution in [1.29, 1.82) is 0 Å². The second kappa shape index (κ2) is 6.34. The number of ether oxygens (including phenoxy) is 2. The van der Waals surface area contributed by atoms with Crippen LogP contribution in [-0.4, -0.2) is 43.9 Å². The van der Waals surface area contributed by atoms with Crippen molar-refractivity contribution in [2.75, 3.05) is 32.9 Å². The molecule has 4 heteroatoms. The van der Waals surface area contributed by atoms with Crippen molar-refractivity contribution in [3.8, 4) is 0 Å². The first-order chi connectivity index (χ1) is 10.8. The van der Waals surface area contributed by atoms with Gasteiger partial charge in [-0.3, -0.25) is 4.90 Å². The van der Waals surface area contributed by atoms with Crippen LogP contribution in [0.2, 0.25) is 0 Å². The maximum atomic E-state index is 6.03. The molecule has 0 amide bonds. The van der Waals surface area contributed by atoms with Gasteiger partial charge in [0.2, 0.25) is 0 Å². The lowest BCUT2D eigenvalue weighted by Crippen LogP contribution is -2.40. The second-order valence-corrected chi connectivity index (χ2v) is 7.47. The second-order valence-electron chi connectivity index (χ2n) is 7.47. The fourth-order valence-corrected chi connectivity index (χ4v) is 3.81. The van der Waals surface area contributed by atoms with Crippen molar-refractivity contribution in [3.63, 3.8) is 0 Å². The van der Waals surface area contributed by atoms with Crippen LogP contribution in [0.15, 0.2) is 22.8 Å². The van der Waals surface area contributed by atoms with Crippen molar-refractivity contribution >= 4 is 0 Å². The van der Waals surface area contributed by atoms with Gasteiger partial charge < -0.3 is 13.9 Å². The Balaban J connectivity index is 1.20. The zero-order valence-corrected chi connectivity index (χ0v) is 13.3. The van der Waals surface area contributed by atoms with E-state index in [9.17, 15) is 0 Å². The fourth-order valence-electron chi connectivity index (χ4n) is 3.81. The fraction of sp³-hybridized carbons (Fsp3) is 0.778. The predicted molar refractivity (Wildman–Crippen MR) is 83.6 cm³/mol. The lowest BCUT2D eigenvalue weighted by Gasteiger charge is -2.38. The Bertz CT molecular complexity index is 461. The highest BCUT2D eigenvalue weighted by Crippen LogP contribution is 2.42. The van der Waals surface area contributed by atoms with E-state index in [-0.39, 0.29) is 0 Å². The van der Waals surface area contributed by atoms with Crippen LogP contribution in [0.25, 0.3) is 0 Å². The normalized spacial score (nSPS) is 28.5. The molecule has 1 aromatic heterocycles. The number of likely N-dealkylation sites (tertiary alicyclic amines) is 1. The molecule has 1 aromatic rings. The lowest BCUT2D eigenvalue weighted by atomic mass is 9.76. The summed E-state index contributed by atoms with van der Waals surface area (Å²) in [6.45, 7) is 5.93. The summed E-state index contributed by atoms with van der Waals surface area (Å²) >= 11 is 0. The number of nitrogens with zero attached hydrogens (tertiary/aromatic N) is 1. The van der Waals surface area contributed by atoms with Gasteiger partial charge in [0.25, 0.3) is 0 Å². The standard InChI is InChI=1S/C18H27NO3/c1-2-16(21-9-1)11-19-7-5-18(6-8-19)10-17(22-14-18)13-20-12-15-3-4-15/h1-2,9,15,17H,3-8,10-14H2/t17-/m1/s1. The van der Waals surface area contributed by atoms with E-state index in [1.54, 1.807) is 6.26 Å². The van der Waals surface area contributed by atoms with E-state index in [0.717, 1.165) is 51.1 Å². The third kappa shape index (κ3) is 3.55. The SMILES string of the molecule is c1coc(CN2CCC3(CC2)CO[C@@H](COCC2CC2)C3)c1. The van der Waals surface area contributed by atoms with Crippen LogP contribution in [-0.2, 0) is 16.0 Å². The summed E-state index contributed by atoms with van der Waals surface area (Å²) in [6.07, 6.45) is 8.49. The van der Waals surface area contributed by atoms with Crippen LogP contribution in [0, 0.1) is 11.3 Å². The Labute approximate surface area is 132 Å². The van der Waals surface area contributed by atoms with Gasteiger partial charge >= 0.3 is 0 Å². The molecule has 4 nitrogen and oxygen atoms in total. The smallest absolute Gasteiger partial charge is 0.117 e. The van der Waals surface area contributed by atoms with E-state index < -0.39 is 0 Å². The summed E-state index contributed by atoms with van der Waals surface area (Å²) in [5.74, 6) is 1.92. The Morgan fingerprint density at radius 3 is 2.82 bits per heavy atom. The maximum Gasteiger partial charge on any atom is 0.117 e. The van der Waals surface area contributed by atoms with Gasteiger partial charge in [-0.2, -0.15) is 0 Å². The highest BCUT2D eigenvalue weighted by molar-refractivity contribution is 4.99. The highest BCUT2D eigenvalue weighted by atomic mass is 16.5. The van der Waals surface area contributed by atoms with Crippen LogP contribution < -0.4 is 0 Å². The molecule has 22 heavy (non-hydrogen) atoms. The molecule has 2 saturated heterocycles. The molecular formula is C18H27NO3. The Morgan fingerprint density at radius 2 is 2.09 bits per heavy atom. The summed E-state index contributed by atoms with van der Waals surface area (Å²) in [7, 11) is 0. The minimum absolute atomic E-state index is 0.329. The monoisotopic (exact) mass is 305 g/mol. The molecule has 0 aromatic carbocycles. The quantitative estimate of drug-likeness (QED) is 0.809. The summed E-state index contributed by atoms with van der Waals surface area (Å²) in [5.41, 5.74) is 0.410. The summed E-state index contributed by atoms with van der Waals surface area (Å²) < 4.78 is 17.3. The molecule has 4 rings (SSSR count). The topological polar surface area (TPSA) is 34.8 Å². The Morgan fingerprint density at radius 1 is 1.23 bits per heavy atom. The molecule has 0 bridgehead atoms. The van der Waals surface area contributed by atoms with Crippen LogP contribution >= 0.6 is 0 Å². The molecule has 0 radical (unpaired) electrons. The summed E-state index contributed by atoms with van der Waals surface area (Å²) in [6, 6.07) is 4.04. The third-order valence-corrected chi connectivity index (χ3v) is 5.52. The van der Waals surface area contributed by atoms with Crippen LogP contribution in [0.4, 0.5) is 0 Å². The molecule has 3 aliphatic rings. The predicted octanol–water partition coefficient (Wildman–Crippen LogP) is 3.08. The largest absolute Gasteiger partial charge is 0.468 e. The zero-order valence-electron chi connectivity index (χ0n) is 13.3. The highest BCUT2D eigenvalue weighted by Gasteiger charge is 2.42. The van der Waals surface area contributed by atoms with E-state index >= 15 is 0 Å². The van der Waals surface area contributed by atoms with Crippen molar-refractivity contribution < 1.29 is 13.9 Å². The average Bonchev–Trinajstić information content (AvgIpc) is 3.05. The van der Waals surface area contributed by atoms with E-state index in [4.69, 9.17) is 13.9 Å². The van der Waals surface area contributed by atoms with Gasteiger partial charge in [0.15, 0.2) is 0 Å². The van der Waals surface area contributed by atoms with Gasteiger partial charge in [0.05, 0.1) is 32.1 Å². The minimum Gasteiger partial charge on any atom is -0.468 e. The first kappa shape index (κ1) is 14.7. The molecule has 1 spiro atoms. The number of hydrogen-bond donors (Lipinski definition) is 0. The van der Waals surface area contributed by atoms with Gasteiger partial charge in [-0.25, -0.2) is 0 Å². The lowest BCUT2D eigenvalue weighted by molar-refractivity contribution is 0.00905. The average molecular weight is 305 g/mol. The molecule has 122 valence electrons. The minimum atomic E-state index is 0.329. The molecule has 0 N–H and O–H groups in total. The molecule has 1 aliphatic carbocycles. The van der Waals surface area contributed by atoms with Gasteiger partial charge in [0, 0.05) is 6.61 Å². The van der Waals surface area contributed by atoms with Crippen molar-refractivity contribution in [3.05, 3.63) is 24.2 Å². The van der Waals surface area contributed by atoms with E-state index in [2.05, 4.69) is 11.0 Å². The van der Waals surface area contributed by atoms with Crippen LogP contribution in [0.3, 0.4) is 0 Å². The van der Waals surface area contributed by atoms with E-state index in [0.29, 0.717) is 11.5 Å². The van der Waals surface area contributed by atoms with Crippen molar-refractivity contribution in [2.45, 2.75) is 44.8 Å². The van der Waals surface area contributed by atoms with Crippen LogP contribution in [0.1, 0.15) is 37.9 Å². The van der Waals surface area contributed by atoms with Crippen molar-refractivity contribution in [1.82, 2.24) is 4.90 Å². The zero-order chi connectivity index (χ0) is 14.8. The summed E-state index contributed by atoms with van der Waals surface area (Å²) in [4.78, 5) is 2.50. The number of piperidine rings is 1. The van der Waals surface area contributed by atoms with Crippen LogP contribution in [0.5, 0.6) is 0 Å². The van der Waals surface area contributed by atoms with Gasteiger partial charge in [-0.1, -0.05) is 0 Å². The first-order valence-corrected chi connectivity index (χ1v) is 8.75. The van der Waals surface area contributed by atoms with Gasteiger partial charge in [0.1, 0.15) is 5.76 Å². The maximum absolute atomic E-state index is 6.03. The Hall–Kier alpha value is -0.840. The molecule has 0 unspecified atom stereocenters. The number of rotatable bonds is 6. The van der Waals surface area contributed by atoms with E-state index in [1.807, 2.05) is 6.07 Å². The van der Waals surface area contributed by atoms with Gasteiger partial charge in [-0.05, 0) is 68.7 Å².